The van der Waals surface area contributed by atoms with Crippen molar-refractivity contribution in [3.05, 3.63) is 134 Å². The minimum absolute atomic E-state index is 0.0895. The SMILES string of the molecule is CC/C=C\C/C=C\C/C=C\C/C=C\C/C=C\CCCCCCCCCCCCCCCCCCCC(=O)OCC(O)COP(=O)(O)OCC(O)COP(=O)(O)OCC(COC(=O)CCCCCCCCCCCCCCCCCCC/C=C\C/C=C\C/C=C\C/C=C\CCCCC)OC(=O)CCCCCCC/C=C\C/C=C\CCCCC. The fourth-order valence-electron chi connectivity index (χ4n) is 13.1. The Morgan fingerprint density at radius 1 is 0.248 bits per heavy atom. The van der Waals surface area contributed by atoms with Gasteiger partial charge >= 0.3 is 33.6 Å². The van der Waals surface area contributed by atoms with Crippen molar-refractivity contribution in [1.29, 1.82) is 0 Å². The molecule has 5 atom stereocenters. The third kappa shape index (κ3) is 92.3. The van der Waals surface area contributed by atoms with Gasteiger partial charge in [-0.1, -0.05) is 392 Å². The number of allylic oxidation sites excluding steroid dienone is 22. The molecular formula is C99H174O16P2. The number of unbranched alkanes of at least 4 members (excludes halogenated alkanes) is 45. The molecular weight excluding hydrogens is 1510 g/mol. The first-order valence-electron chi connectivity index (χ1n) is 47.5. The summed E-state index contributed by atoms with van der Waals surface area (Å²) < 4.78 is 61.4. The lowest BCUT2D eigenvalue weighted by molar-refractivity contribution is -0.161. The molecule has 0 saturated carbocycles. The highest BCUT2D eigenvalue weighted by atomic mass is 31.2. The van der Waals surface area contributed by atoms with E-state index in [4.69, 9.17) is 32.3 Å². The van der Waals surface area contributed by atoms with Crippen LogP contribution in [-0.2, 0) is 55.8 Å². The van der Waals surface area contributed by atoms with E-state index in [-0.39, 0.29) is 19.3 Å². The van der Waals surface area contributed by atoms with E-state index in [2.05, 4.69) is 154 Å². The van der Waals surface area contributed by atoms with Crippen LogP contribution in [0.1, 0.15) is 419 Å². The van der Waals surface area contributed by atoms with Crippen LogP contribution in [0.15, 0.2) is 134 Å². The van der Waals surface area contributed by atoms with E-state index < -0.39 is 91.5 Å². The van der Waals surface area contributed by atoms with E-state index in [1.54, 1.807) is 0 Å². The highest BCUT2D eigenvalue weighted by Crippen LogP contribution is 2.45. The highest BCUT2D eigenvalue weighted by molar-refractivity contribution is 7.47. The standard InChI is InChI=1S/C99H174O16P2/c1-4-7-10-13-16-19-22-25-28-30-32-34-36-38-40-42-44-46-48-50-52-54-56-58-60-62-65-67-70-73-76-79-82-85-97(102)109-88-94(100)89-111-116(105,106)112-90-95(101)91-113-117(107,108)114-93-96(115-99(104)87-84-81-78-75-72-69-64-27-24-21-18-15-12-9-6-3)92-110-98(103)86-83-80-77-74-71-68-66-63-61-59-57-55-53-51-49-47-45-43-41-39-37-35-33-31-29-26-23-20-17-14-11-8-5-2/h7,10,16-21,25-29,32-35,38-41,64,94-96,100-101H,4-6,8-9,11-15,22-24,30-31,36-37,42-63,65-93H2,1-3H3,(H,105,106)(H,107,108)/b10-7-,19-16-,20-17-,21-18-,28-25-,29-26-,34-32-,35-33-,40-38-,41-39-,64-27-. The van der Waals surface area contributed by atoms with Gasteiger partial charge in [0.2, 0.25) is 0 Å². The number of ether oxygens (including phenoxy) is 3. The average Bonchev–Trinajstić information content (AvgIpc) is 0.874. The molecule has 0 radical (unpaired) electrons. The predicted octanol–water partition coefficient (Wildman–Crippen LogP) is 29.3. The highest BCUT2D eigenvalue weighted by Gasteiger charge is 2.30. The van der Waals surface area contributed by atoms with Crippen LogP contribution in [0.4, 0.5) is 0 Å². The third-order valence-electron chi connectivity index (χ3n) is 20.3. The molecule has 676 valence electrons. The summed E-state index contributed by atoms with van der Waals surface area (Å²) in [6.45, 7) is 2.56. The molecule has 0 saturated heterocycles. The number of hydrogen-bond acceptors (Lipinski definition) is 14. The number of aliphatic hydroxyl groups is 2. The predicted molar refractivity (Wildman–Crippen MR) is 491 cm³/mol. The maximum atomic E-state index is 13.0. The molecule has 0 aliphatic rings. The van der Waals surface area contributed by atoms with Gasteiger partial charge in [-0.15, -0.1) is 0 Å². The Bertz CT molecular complexity index is 2660. The van der Waals surface area contributed by atoms with Crippen molar-refractivity contribution in [3.8, 4) is 0 Å². The zero-order valence-electron chi connectivity index (χ0n) is 74.6. The number of phosphoric acid groups is 2. The zero-order valence-corrected chi connectivity index (χ0v) is 76.4. The van der Waals surface area contributed by atoms with Crippen molar-refractivity contribution < 1.29 is 75.8 Å². The van der Waals surface area contributed by atoms with Gasteiger partial charge in [-0.3, -0.25) is 32.5 Å². The fourth-order valence-corrected chi connectivity index (χ4v) is 14.7. The molecule has 0 bridgehead atoms. The quantitative estimate of drug-likeness (QED) is 0.0146. The van der Waals surface area contributed by atoms with Gasteiger partial charge in [-0.05, 0) is 141 Å². The Hall–Kier alpha value is -4.31. The van der Waals surface area contributed by atoms with Gasteiger partial charge < -0.3 is 34.2 Å². The number of hydrogen-bond donors (Lipinski definition) is 4. The molecule has 0 fully saturated rings. The number of phosphoric ester groups is 2. The number of carbonyl (C=O) groups excluding carboxylic acids is 3. The lowest BCUT2D eigenvalue weighted by Gasteiger charge is -2.21. The van der Waals surface area contributed by atoms with Crippen LogP contribution in [0, 0.1) is 0 Å². The molecule has 18 heteroatoms. The molecule has 117 heavy (non-hydrogen) atoms. The summed E-state index contributed by atoms with van der Waals surface area (Å²) in [6.07, 6.45) is 114. The van der Waals surface area contributed by atoms with Gasteiger partial charge in [0.15, 0.2) is 6.10 Å². The minimum Gasteiger partial charge on any atom is -0.463 e. The molecule has 0 aliphatic carbocycles. The van der Waals surface area contributed by atoms with Crippen molar-refractivity contribution >= 4 is 33.6 Å². The molecule has 0 aromatic rings. The van der Waals surface area contributed by atoms with E-state index in [9.17, 15) is 43.5 Å². The van der Waals surface area contributed by atoms with E-state index in [0.717, 1.165) is 135 Å². The van der Waals surface area contributed by atoms with Crippen LogP contribution in [-0.4, -0.2) is 95.9 Å². The van der Waals surface area contributed by atoms with Crippen LogP contribution >= 0.6 is 15.6 Å². The van der Waals surface area contributed by atoms with Gasteiger partial charge in [0.25, 0.3) is 0 Å². The van der Waals surface area contributed by atoms with Crippen LogP contribution in [0.3, 0.4) is 0 Å². The summed E-state index contributed by atoms with van der Waals surface area (Å²) in [7, 11) is -9.80. The summed E-state index contributed by atoms with van der Waals surface area (Å²) in [4.78, 5) is 58.9. The Kier molecular flexibility index (Phi) is 87.6. The molecule has 0 spiro atoms. The van der Waals surface area contributed by atoms with Crippen molar-refractivity contribution in [3.63, 3.8) is 0 Å². The Balaban J connectivity index is 4.42. The Labute approximate surface area is 715 Å². The maximum Gasteiger partial charge on any atom is 0.472 e. The van der Waals surface area contributed by atoms with Gasteiger partial charge in [0, 0.05) is 19.3 Å². The van der Waals surface area contributed by atoms with Gasteiger partial charge in [0.05, 0.1) is 26.4 Å². The molecule has 5 unspecified atom stereocenters. The molecule has 0 amide bonds. The van der Waals surface area contributed by atoms with Crippen LogP contribution in [0.25, 0.3) is 0 Å². The first-order valence-corrected chi connectivity index (χ1v) is 50.5. The first-order chi connectivity index (χ1) is 57.2. The molecule has 4 N–H and O–H groups in total. The maximum absolute atomic E-state index is 13.0. The molecule has 16 nitrogen and oxygen atoms in total. The zero-order chi connectivity index (χ0) is 85.1. The van der Waals surface area contributed by atoms with Crippen molar-refractivity contribution in [2.75, 3.05) is 39.6 Å². The Morgan fingerprint density at radius 3 is 0.718 bits per heavy atom. The van der Waals surface area contributed by atoms with Gasteiger partial charge in [-0.2, -0.15) is 0 Å². The fraction of sp³-hybridized carbons (Fsp3) is 0.747. The van der Waals surface area contributed by atoms with Crippen molar-refractivity contribution in [2.24, 2.45) is 0 Å². The molecule has 0 aliphatic heterocycles. The Morgan fingerprint density at radius 2 is 0.453 bits per heavy atom. The second-order valence-electron chi connectivity index (χ2n) is 31.8. The normalized spacial score (nSPS) is 14.4. The van der Waals surface area contributed by atoms with Gasteiger partial charge in [0.1, 0.15) is 25.4 Å². The topological polar surface area (TPSA) is 231 Å². The summed E-state index contributed by atoms with van der Waals surface area (Å²) in [5.41, 5.74) is 0. The van der Waals surface area contributed by atoms with Gasteiger partial charge in [-0.25, -0.2) is 9.13 Å². The summed E-state index contributed by atoms with van der Waals surface area (Å²) in [6, 6.07) is 0. The van der Waals surface area contributed by atoms with E-state index >= 15 is 0 Å². The lowest BCUT2D eigenvalue weighted by Crippen LogP contribution is -2.30. The monoisotopic (exact) mass is 1680 g/mol. The average molecular weight is 1680 g/mol. The molecule has 0 rings (SSSR count). The minimum atomic E-state index is -4.94. The smallest absolute Gasteiger partial charge is 0.463 e. The first kappa shape index (κ1) is 113. The molecule has 0 aromatic carbocycles. The summed E-state index contributed by atoms with van der Waals surface area (Å²) >= 11 is 0. The van der Waals surface area contributed by atoms with E-state index in [1.807, 2.05) is 0 Å². The van der Waals surface area contributed by atoms with Crippen LogP contribution in [0.2, 0.25) is 0 Å². The largest absolute Gasteiger partial charge is 0.472 e. The third-order valence-corrected chi connectivity index (χ3v) is 22.2. The van der Waals surface area contributed by atoms with E-state index in [1.165, 1.54) is 225 Å². The summed E-state index contributed by atoms with van der Waals surface area (Å²) in [5, 5.41) is 20.7. The lowest BCUT2D eigenvalue weighted by atomic mass is 10.0. The number of rotatable bonds is 90. The molecule has 0 aromatic heterocycles. The summed E-state index contributed by atoms with van der Waals surface area (Å²) in [5.74, 6) is -1.57. The molecule has 0 heterocycles. The van der Waals surface area contributed by atoms with E-state index in [0.29, 0.717) is 19.3 Å². The van der Waals surface area contributed by atoms with Crippen LogP contribution < -0.4 is 0 Å². The second kappa shape index (κ2) is 90.9. The second-order valence-corrected chi connectivity index (χ2v) is 34.7. The van der Waals surface area contributed by atoms with Crippen molar-refractivity contribution in [2.45, 2.75) is 437 Å². The number of esters is 3. The number of carbonyl (C=O) groups is 3. The van der Waals surface area contributed by atoms with Crippen molar-refractivity contribution in [1.82, 2.24) is 0 Å². The van der Waals surface area contributed by atoms with Crippen LogP contribution in [0.5, 0.6) is 0 Å². The number of aliphatic hydroxyl groups excluding tert-OH is 2.